The molecule has 1 aliphatic rings. The quantitative estimate of drug-likeness (QED) is 0.356. The van der Waals surface area contributed by atoms with Crippen LogP contribution in [0, 0.1) is 10.1 Å². The zero-order valence-electron chi connectivity index (χ0n) is 13.8. The Morgan fingerprint density at radius 1 is 1.15 bits per heavy atom. The lowest BCUT2D eigenvalue weighted by Gasteiger charge is -2.02. The number of carbonyl (C=O) groups is 1. The third-order valence-corrected chi connectivity index (χ3v) is 3.62. The topological polar surface area (TPSA) is 91.0 Å². The number of aliphatic imine (C=N–C) groups is 1. The van der Waals surface area contributed by atoms with E-state index < -0.39 is 10.9 Å². The van der Waals surface area contributed by atoms with E-state index >= 15 is 0 Å². The first-order valence-corrected chi connectivity index (χ1v) is 7.66. The van der Waals surface area contributed by atoms with E-state index in [4.69, 9.17) is 9.47 Å². The number of allylic oxidation sites excluding steroid dienone is 2. The Morgan fingerprint density at radius 3 is 2.65 bits per heavy atom. The molecule has 0 saturated carbocycles. The van der Waals surface area contributed by atoms with Gasteiger partial charge in [0.1, 0.15) is 11.3 Å². The van der Waals surface area contributed by atoms with Gasteiger partial charge in [-0.1, -0.05) is 42.5 Å². The summed E-state index contributed by atoms with van der Waals surface area (Å²) in [6.07, 6.45) is 4.88. The number of cyclic esters (lactones) is 1. The van der Waals surface area contributed by atoms with E-state index in [0.717, 1.165) is 5.56 Å². The molecule has 7 heteroatoms. The molecule has 7 nitrogen and oxygen atoms in total. The highest BCUT2D eigenvalue weighted by Crippen LogP contribution is 2.24. The molecule has 2 aromatic rings. The summed E-state index contributed by atoms with van der Waals surface area (Å²) in [5.74, 6) is -0.0534. The average Bonchev–Trinajstić information content (AvgIpc) is 3.03. The Bertz CT molecular complexity index is 960. The van der Waals surface area contributed by atoms with Crippen molar-refractivity contribution in [2.45, 2.75) is 0 Å². The Morgan fingerprint density at radius 2 is 1.88 bits per heavy atom. The second-order valence-electron chi connectivity index (χ2n) is 5.23. The maximum atomic E-state index is 12.0. The van der Waals surface area contributed by atoms with Crippen LogP contribution in [0.4, 0.5) is 5.69 Å². The fourth-order valence-electron chi connectivity index (χ4n) is 2.40. The molecule has 1 aliphatic heterocycles. The van der Waals surface area contributed by atoms with Crippen LogP contribution in [0.15, 0.2) is 71.4 Å². The van der Waals surface area contributed by atoms with E-state index in [2.05, 4.69) is 4.99 Å². The van der Waals surface area contributed by atoms with E-state index in [1.165, 1.54) is 24.3 Å². The largest absolute Gasteiger partial charge is 0.496 e. The van der Waals surface area contributed by atoms with Gasteiger partial charge in [0.2, 0.25) is 5.90 Å². The minimum atomic E-state index is -0.664. The molecule has 0 saturated heterocycles. The predicted octanol–water partition coefficient (Wildman–Crippen LogP) is 3.50. The van der Waals surface area contributed by atoms with Crippen LogP contribution < -0.4 is 4.74 Å². The molecule has 0 aliphatic carbocycles. The van der Waals surface area contributed by atoms with Gasteiger partial charge >= 0.3 is 5.97 Å². The van der Waals surface area contributed by atoms with E-state index in [9.17, 15) is 14.9 Å². The number of ether oxygens (including phenoxy) is 2. The van der Waals surface area contributed by atoms with Crippen LogP contribution in [0.2, 0.25) is 0 Å². The molecular formula is C19H14N2O5. The van der Waals surface area contributed by atoms with Crippen molar-refractivity contribution >= 4 is 23.6 Å². The molecular weight excluding hydrogens is 336 g/mol. The summed E-state index contributed by atoms with van der Waals surface area (Å²) in [6, 6.07) is 13.4. The number of nitrogens with zero attached hydrogens (tertiary/aromatic N) is 2. The van der Waals surface area contributed by atoms with Gasteiger partial charge in [0.15, 0.2) is 5.70 Å². The number of nitro groups is 1. The SMILES string of the molecule is COc1ccccc1/C=C/C=C1\N=C(c2ccccc2[N+](=O)[O-])OC1=O. The first-order chi connectivity index (χ1) is 12.6. The predicted molar refractivity (Wildman–Crippen MR) is 95.8 cm³/mol. The summed E-state index contributed by atoms with van der Waals surface area (Å²) in [5, 5.41) is 11.1. The molecule has 26 heavy (non-hydrogen) atoms. The molecule has 0 fully saturated rings. The van der Waals surface area contributed by atoms with Gasteiger partial charge in [-0.15, -0.1) is 0 Å². The summed E-state index contributed by atoms with van der Waals surface area (Å²) < 4.78 is 10.3. The van der Waals surface area contributed by atoms with Gasteiger partial charge < -0.3 is 9.47 Å². The number of carbonyl (C=O) groups excluding carboxylic acids is 1. The van der Waals surface area contributed by atoms with Crippen LogP contribution in [-0.2, 0) is 9.53 Å². The number of benzene rings is 2. The highest BCUT2D eigenvalue weighted by atomic mass is 16.6. The molecule has 130 valence electrons. The van der Waals surface area contributed by atoms with Gasteiger partial charge in [0, 0.05) is 11.6 Å². The van der Waals surface area contributed by atoms with Gasteiger partial charge in [0.05, 0.1) is 12.0 Å². The highest BCUT2D eigenvalue weighted by molar-refractivity contribution is 6.12. The molecule has 0 spiro atoms. The molecule has 0 unspecified atom stereocenters. The van der Waals surface area contributed by atoms with E-state index in [-0.39, 0.29) is 22.8 Å². The molecule has 0 N–H and O–H groups in total. The maximum Gasteiger partial charge on any atom is 0.363 e. The molecule has 0 aromatic heterocycles. The number of nitro benzene ring substituents is 1. The van der Waals surface area contributed by atoms with Gasteiger partial charge in [-0.3, -0.25) is 10.1 Å². The van der Waals surface area contributed by atoms with Gasteiger partial charge in [-0.25, -0.2) is 9.79 Å². The fraction of sp³-hybridized carbons (Fsp3) is 0.0526. The maximum absolute atomic E-state index is 12.0. The van der Waals surface area contributed by atoms with Crippen LogP contribution in [0.3, 0.4) is 0 Å². The minimum absolute atomic E-state index is 0.0595. The number of hydrogen-bond acceptors (Lipinski definition) is 6. The smallest absolute Gasteiger partial charge is 0.363 e. The molecule has 2 aromatic carbocycles. The van der Waals surface area contributed by atoms with Gasteiger partial charge in [-0.05, 0) is 18.2 Å². The zero-order valence-corrected chi connectivity index (χ0v) is 13.8. The normalized spacial score (nSPS) is 15.2. The molecule has 0 radical (unpaired) electrons. The first kappa shape index (κ1) is 17.1. The Balaban J connectivity index is 1.88. The van der Waals surface area contributed by atoms with Crippen molar-refractivity contribution in [2.24, 2.45) is 4.99 Å². The Kier molecular flexibility index (Phi) is 4.89. The molecule has 3 rings (SSSR count). The van der Waals surface area contributed by atoms with Crippen molar-refractivity contribution in [3.05, 3.63) is 87.6 Å². The number of rotatable bonds is 5. The van der Waals surface area contributed by atoms with Crippen molar-refractivity contribution in [3.63, 3.8) is 0 Å². The van der Waals surface area contributed by atoms with Crippen LogP contribution in [0.1, 0.15) is 11.1 Å². The minimum Gasteiger partial charge on any atom is -0.496 e. The molecule has 0 atom stereocenters. The second kappa shape index (κ2) is 7.43. The monoisotopic (exact) mass is 350 g/mol. The lowest BCUT2D eigenvalue weighted by Crippen LogP contribution is -2.07. The lowest BCUT2D eigenvalue weighted by atomic mass is 10.2. The summed E-state index contributed by atoms with van der Waals surface area (Å²) in [7, 11) is 1.57. The van der Waals surface area contributed by atoms with E-state index in [1.807, 2.05) is 24.3 Å². The number of para-hydroxylation sites is 2. The summed E-state index contributed by atoms with van der Waals surface area (Å²) in [6.45, 7) is 0. The average molecular weight is 350 g/mol. The van der Waals surface area contributed by atoms with E-state index in [1.54, 1.807) is 25.3 Å². The second-order valence-corrected chi connectivity index (χ2v) is 5.23. The lowest BCUT2D eigenvalue weighted by molar-refractivity contribution is -0.385. The number of methoxy groups -OCH3 is 1. The first-order valence-electron chi connectivity index (χ1n) is 7.66. The molecule has 0 bridgehead atoms. The third kappa shape index (κ3) is 3.51. The van der Waals surface area contributed by atoms with Gasteiger partial charge in [0.25, 0.3) is 5.69 Å². The van der Waals surface area contributed by atoms with Crippen molar-refractivity contribution < 1.29 is 19.2 Å². The molecule has 1 heterocycles. The van der Waals surface area contributed by atoms with Crippen molar-refractivity contribution in [1.29, 1.82) is 0 Å². The van der Waals surface area contributed by atoms with Crippen molar-refractivity contribution in [3.8, 4) is 5.75 Å². The van der Waals surface area contributed by atoms with Crippen LogP contribution in [0.5, 0.6) is 5.75 Å². The summed E-state index contributed by atoms with van der Waals surface area (Å²) >= 11 is 0. The fourth-order valence-corrected chi connectivity index (χ4v) is 2.40. The van der Waals surface area contributed by atoms with Crippen LogP contribution in [-0.4, -0.2) is 23.9 Å². The Hall–Kier alpha value is -3.74. The number of hydrogen-bond donors (Lipinski definition) is 0. The van der Waals surface area contributed by atoms with E-state index in [0.29, 0.717) is 5.75 Å². The zero-order chi connectivity index (χ0) is 18.5. The van der Waals surface area contributed by atoms with Crippen molar-refractivity contribution in [1.82, 2.24) is 0 Å². The standard InChI is InChI=1S/C19H14N2O5/c1-25-17-12-5-2-7-13(17)8-6-10-15-19(22)26-18(20-15)14-9-3-4-11-16(14)21(23)24/h2-12H,1H3/b8-6+,15-10-. The third-order valence-electron chi connectivity index (χ3n) is 3.62. The summed E-state index contributed by atoms with van der Waals surface area (Å²) in [4.78, 5) is 26.6. The molecule has 0 amide bonds. The van der Waals surface area contributed by atoms with Crippen molar-refractivity contribution in [2.75, 3.05) is 7.11 Å². The van der Waals surface area contributed by atoms with Gasteiger partial charge in [-0.2, -0.15) is 0 Å². The highest BCUT2D eigenvalue weighted by Gasteiger charge is 2.28. The summed E-state index contributed by atoms with van der Waals surface area (Å²) in [5.41, 5.74) is 0.873. The van der Waals surface area contributed by atoms with Crippen LogP contribution in [0.25, 0.3) is 6.08 Å². The number of esters is 1. The Labute approximate surface area is 149 Å². The van der Waals surface area contributed by atoms with Crippen LogP contribution >= 0.6 is 0 Å².